The normalized spacial score (nSPS) is 9.90. The molecule has 0 fully saturated rings. The second kappa shape index (κ2) is 10.5. The molecule has 0 bridgehead atoms. The number of rotatable bonds is 6. The number of aromatic hydroxyl groups is 1. The lowest BCUT2D eigenvalue weighted by Gasteiger charge is -2.05. The minimum Gasteiger partial charge on any atom is -0.504 e. The summed E-state index contributed by atoms with van der Waals surface area (Å²) in [6, 6.07) is 5.89. The fourth-order valence-corrected chi connectivity index (χ4v) is 2.53. The second-order valence-electron chi connectivity index (χ2n) is 5.98. The summed E-state index contributed by atoms with van der Waals surface area (Å²) in [4.78, 5) is 39.5. The van der Waals surface area contributed by atoms with E-state index in [4.69, 9.17) is 23.8 Å². The number of pyridine rings is 1. The zero-order valence-corrected chi connectivity index (χ0v) is 17.0. The van der Waals surface area contributed by atoms with Gasteiger partial charge in [-0.15, -0.1) is 0 Å². The number of nitrogens with one attached hydrogen (secondary N) is 2. The van der Waals surface area contributed by atoms with Gasteiger partial charge in [0.1, 0.15) is 17.1 Å². The molecular formula is C20H21N3O8. The Morgan fingerprint density at radius 1 is 1.26 bits per heavy atom. The number of hydrogen-bond donors (Lipinski definition) is 4. The quantitative estimate of drug-likeness (QED) is 0.425. The molecule has 11 heteroatoms. The number of H-pyrrole nitrogens is 1. The van der Waals surface area contributed by atoms with Crippen molar-refractivity contribution in [1.29, 1.82) is 0 Å². The predicted octanol–water partition coefficient (Wildman–Crippen LogP) is 1.69. The van der Waals surface area contributed by atoms with E-state index < -0.39 is 11.3 Å². The molecule has 0 atom stereocenters. The van der Waals surface area contributed by atoms with Crippen molar-refractivity contribution in [1.82, 2.24) is 15.3 Å². The van der Waals surface area contributed by atoms with Gasteiger partial charge < -0.3 is 34.4 Å². The Hall–Kier alpha value is -4.28. The second-order valence-corrected chi connectivity index (χ2v) is 5.98. The van der Waals surface area contributed by atoms with Crippen LogP contribution in [0.5, 0.6) is 17.2 Å². The number of nitrogens with zero attached hydrogens (tertiary/aromatic N) is 1. The van der Waals surface area contributed by atoms with E-state index in [1.54, 1.807) is 19.1 Å². The molecule has 164 valence electrons. The number of carbonyl (C=O) groups excluding carboxylic acids is 1. The summed E-state index contributed by atoms with van der Waals surface area (Å²) in [5, 5.41) is 19.3. The number of amides is 1. The molecule has 0 aliphatic heterocycles. The summed E-state index contributed by atoms with van der Waals surface area (Å²) in [5.74, 6) is 0.832. The first-order chi connectivity index (χ1) is 14.8. The number of phenols is 1. The van der Waals surface area contributed by atoms with Crippen molar-refractivity contribution < 1.29 is 33.7 Å². The SMILES string of the molecule is COc1cc(-c2nc(CNC(=O)c3cc(=O)c(OC)c[nH]3)c(C)o2)ccc1O.O=CO. The van der Waals surface area contributed by atoms with Gasteiger partial charge in [-0.05, 0) is 25.1 Å². The highest BCUT2D eigenvalue weighted by Crippen LogP contribution is 2.31. The summed E-state index contributed by atoms with van der Waals surface area (Å²) in [6.45, 7) is 1.59. The molecule has 11 nitrogen and oxygen atoms in total. The van der Waals surface area contributed by atoms with Crippen LogP contribution in [0.15, 0.2) is 39.7 Å². The molecule has 0 saturated heterocycles. The summed E-state index contributed by atoms with van der Waals surface area (Å²) in [5.41, 5.74) is 0.865. The summed E-state index contributed by atoms with van der Waals surface area (Å²) in [7, 11) is 2.82. The average molecular weight is 431 g/mol. The number of aryl methyl sites for hydroxylation is 1. The molecule has 3 rings (SSSR count). The van der Waals surface area contributed by atoms with Crippen LogP contribution < -0.4 is 20.2 Å². The van der Waals surface area contributed by atoms with Crippen molar-refractivity contribution in [2.75, 3.05) is 14.2 Å². The average Bonchev–Trinajstić information content (AvgIpc) is 3.13. The monoisotopic (exact) mass is 431 g/mol. The Bertz CT molecular complexity index is 1120. The third-order valence-corrected chi connectivity index (χ3v) is 4.08. The van der Waals surface area contributed by atoms with E-state index in [1.165, 1.54) is 26.5 Å². The zero-order valence-electron chi connectivity index (χ0n) is 17.0. The molecule has 2 heterocycles. The minimum absolute atomic E-state index is 0.00972. The highest BCUT2D eigenvalue weighted by Gasteiger charge is 2.15. The Morgan fingerprint density at radius 3 is 2.55 bits per heavy atom. The Morgan fingerprint density at radius 2 is 1.94 bits per heavy atom. The third kappa shape index (κ3) is 5.63. The van der Waals surface area contributed by atoms with Crippen molar-refractivity contribution in [2.24, 2.45) is 0 Å². The molecule has 0 radical (unpaired) electrons. The number of phenolic OH excluding ortho intramolecular Hbond substituents is 1. The van der Waals surface area contributed by atoms with Gasteiger partial charge in [0.15, 0.2) is 17.2 Å². The molecule has 0 unspecified atom stereocenters. The molecule has 4 N–H and O–H groups in total. The van der Waals surface area contributed by atoms with Crippen LogP contribution >= 0.6 is 0 Å². The van der Waals surface area contributed by atoms with Crippen molar-refractivity contribution in [2.45, 2.75) is 13.5 Å². The largest absolute Gasteiger partial charge is 0.504 e. The number of aromatic nitrogens is 2. The Labute approximate surface area is 176 Å². The van der Waals surface area contributed by atoms with Gasteiger partial charge in [0.05, 0.1) is 20.8 Å². The molecule has 0 saturated carbocycles. The molecular weight excluding hydrogens is 410 g/mol. The van der Waals surface area contributed by atoms with Crippen LogP contribution in [0.4, 0.5) is 0 Å². The molecule has 1 amide bonds. The van der Waals surface area contributed by atoms with Crippen molar-refractivity contribution in [3.63, 3.8) is 0 Å². The van der Waals surface area contributed by atoms with E-state index in [0.717, 1.165) is 6.07 Å². The number of carbonyl (C=O) groups is 2. The van der Waals surface area contributed by atoms with E-state index in [2.05, 4.69) is 15.3 Å². The van der Waals surface area contributed by atoms with Gasteiger partial charge in [-0.1, -0.05) is 0 Å². The van der Waals surface area contributed by atoms with E-state index in [-0.39, 0.29) is 30.2 Å². The lowest BCUT2D eigenvalue weighted by molar-refractivity contribution is -0.122. The Kier molecular flexibility index (Phi) is 7.78. The summed E-state index contributed by atoms with van der Waals surface area (Å²) >= 11 is 0. The van der Waals surface area contributed by atoms with Crippen LogP contribution in [0.1, 0.15) is 21.9 Å². The molecule has 0 aliphatic carbocycles. The maximum absolute atomic E-state index is 12.3. The number of hydrogen-bond acceptors (Lipinski definition) is 8. The molecule has 0 aliphatic rings. The molecule has 3 aromatic rings. The summed E-state index contributed by atoms with van der Waals surface area (Å²) in [6.07, 6.45) is 1.33. The van der Waals surface area contributed by atoms with Gasteiger partial charge >= 0.3 is 0 Å². The smallest absolute Gasteiger partial charge is 0.290 e. The van der Waals surface area contributed by atoms with Crippen LogP contribution in [0, 0.1) is 6.92 Å². The highest BCUT2D eigenvalue weighted by atomic mass is 16.5. The van der Waals surface area contributed by atoms with Gasteiger partial charge in [0.25, 0.3) is 12.4 Å². The third-order valence-electron chi connectivity index (χ3n) is 4.08. The van der Waals surface area contributed by atoms with Crippen LogP contribution in [-0.2, 0) is 11.3 Å². The molecule has 2 aromatic heterocycles. The number of aromatic amines is 1. The highest BCUT2D eigenvalue weighted by molar-refractivity contribution is 5.92. The van der Waals surface area contributed by atoms with Crippen LogP contribution in [0.25, 0.3) is 11.5 Å². The standard InChI is InChI=1S/C19H19N3O6.CH2O2/c1-10-13(8-21-18(25)12-7-15(24)17(27-3)9-20-12)22-19(28-10)11-4-5-14(23)16(6-11)26-2;2-1-3/h4-7,9,23H,8H2,1-3H3,(H,20,24)(H,21,25);1H,(H,2,3). The topological polar surface area (TPSA) is 164 Å². The first-order valence-corrected chi connectivity index (χ1v) is 8.81. The van der Waals surface area contributed by atoms with Gasteiger partial charge in [-0.25, -0.2) is 4.98 Å². The number of benzene rings is 1. The van der Waals surface area contributed by atoms with E-state index in [9.17, 15) is 14.7 Å². The number of ether oxygens (including phenoxy) is 2. The van der Waals surface area contributed by atoms with E-state index >= 15 is 0 Å². The fraction of sp³-hybridized carbons (Fsp3) is 0.200. The summed E-state index contributed by atoms with van der Waals surface area (Å²) < 4.78 is 15.6. The first-order valence-electron chi connectivity index (χ1n) is 8.81. The van der Waals surface area contributed by atoms with Crippen LogP contribution in [0.2, 0.25) is 0 Å². The van der Waals surface area contributed by atoms with Crippen LogP contribution in [0.3, 0.4) is 0 Å². The fourth-order valence-electron chi connectivity index (χ4n) is 2.53. The van der Waals surface area contributed by atoms with Gasteiger partial charge in [0, 0.05) is 17.8 Å². The van der Waals surface area contributed by atoms with Crippen molar-refractivity contribution in [3.8, 4) is 28.7 Å². The van der Waals surface area contributed by atoms with E-state index in [1.807, 2.05) is 0 Å². The molecule has 31 heavy (non-hydrogen) atoms. The first kappa shape index (κ1) is 23.0. The van der Waals surface area contributed by atoms with Crippen LogP contribution in [-0.4, -0.2) is 46.8 Å². The lowest BCUT2D eigenvalue weighted by Crippen LogP contribution is -2.25. The Balaban J connectivity index is 0.00000107. The lowest BCUT2D eigenvalue weighted by atomic mass is 10.2. The number of methoxy groups -OCH3 is 2. The maximum Gasteiger partial charge on any atom is 0.290 e. The van der Waals surface area contributed by atoms with Gasteiger partial charge in [-0.2, -0.15) is 0 Å². The minimum atomic E-state index is -0.463. The van der Waals surface area contributed by atoms with Gasteiger partial charge in [0.2, 0.25) is 11.3 Å². The van der Waals surface area contributed by atoms with Crippen molar-refractivity contribution >= 4 is 12.4 Å². The predicted molar refractivity (Wildman–Crippen MR) is 108 cm³/mol. The molecule has 0 spiro atoms. The van der Waals surface area contributed by atoms with Crippen molar-refractivity contribution in [3.05, 3.63) is 57.8 Å². The van der Waals surface area contributed by atoms with E-state index in [0.29, 0.717) is 28.7 Å². The van der Waals surface area contributed by atoms with Gasteiger partial charge in [-0.3, -0.25) is 14.4 Å². The number of oxazole rings is 1. The number of carboxylic acid groups (broad SMARTS) is 1. The maximum atomic E-state index is 12.3. The zero-order chi connectivity index (χ0) is 23.0. The molecule has 1 aromatic carbocycles.